The summed E-state index contributed by atoms with van der Waals surface area (Å²) in [6.07, 6.45) is 8.86. The van der Waals surface area contributed by atoms with Crippen LogP contribution in [0.1, 0.15) is 25.3 Å². The molecule has 0 unspecified atom stereocenters. The van der Waals surface area contributed by atoms with Crippen molar-refractivity contribution < 1.29 is 4.79 Å². The second-order valence-electron chi connectivity index (χ2n) is 4.01. The van der Waals surface area contributed by atoms with Gasteiger partial charge in [0.05, 0.1) is 12.2 Å². The Kier molecular flexibility index (Phi) is 3.99. The van der Waals surface area contributed by atoms with Crippen LogP contribution in [0.25, 0.3) is 0 Å². The molecule has 1 aliphatic rings. The van der Waals surface area contributed by atoms with E-state index in [0.29, 0.717) is 12.8 Å². The number of terminal acetylenes is 1. The zero-order valence-electron chi connectivity index (χ0n) is 9.34. The van der Waals surface area contributed by atoms with Crippen molar-refractivity contribution in [2.24, 2.45) is 0 Å². The number of unbranched alkanes of at least 4 members (excludes halogenated alkanes) is 1. The maximum absolute atomic E-state index is 11.7. The molecule has 2 rings (SSSR count). The summed E-state index contributed by atoms with van der Waals surface area (Å²) in [5, 5.41) is 7.84. The van der Waals surface area contributed by atoms with E-state index in [1.165, 1.54) is 0 Å². The number of amides is 1. The van der Waals surface area contributed by atoms with Crippen LogP contribution in [0.5, 0.6) is 0 Å². The zero-order valence-corrected chi connectivity index (χ0v) is 11.5. The van der Waals surface area contributed by atoms with Gasteiger partial charge in [-0.1, -0.05) is 5.21 Å². The maximum Gasteiger partial charge on any atom is 0.222 e. The molecule has 0 bridgehead atoms. The van der Waals surface area contributed by atoms with E-state index in [9.17, 15) is 4.79 Å². The highest BCUT2D eigenvalue weighted by atomic mass is 127. The number of carbonyl (C=O) groups is 1. The lowest BCUT2D eigenvalue weighted by Gasteiger charge is -2.39. The van der Waals surface area contributed by atoms with Crippen molar-refractivity contribution in [2.45, 2.75) is 25.3 Å². The summed E-state index contributed by atoms with van der Waals surface area (Å²) in [7, 11) is 0. The van der Waals surface area contributed by atoms with Crippen molar-refractivity contribution in [1.29, 1.82) is 0 Å². The van der Waals surface area contributed by atoms with Gasteiger partial charge in [0.2, 0.25) is 5.91 Å². The summed E-state index contributed by atoms with van der Waals surface area (Å²) in [6.45, 7) is 1.46. The van der Waals surface area contributed by atoms with Crippen molar-refractivity contribution in [1.82, 2.24) is 19.9 Å². The van der Waals surface area contributed by atoms with Gasteiger partial charge >= 0.3 is 0 Å². The van der Waals surface area contributed by atoms with Crippen molar-refractivity contribution in [2.75, 3.05) is 13.1 Å². The second-order valence-corrected chi connectivity index (χ2v) is 5.12. The Hall–Kier alpha value is -1.10. The molecule has 0 aromatic carbocycles. The van der Waals surface area contributed by atoms with Crippen LogP contribution in [0.15, 0.2) is 6.20 Å². The minimum absolute atomic E-state index is 0.187. The molecule has 90 valence electrons. The van der Waals surface area contributed by atoms with E-state index >= 15 is 0 Å². The first-order valence-electron chi connectivity index (χ1n) is 5.49. The molecule has 0 N–H and O–H groups in total. The Labute approximate surface area is 114 Å². The molecule has 1 fully saturated rings. The Morgan fingerprint density at radius 1 is 1.65 bits per heavy atom. The first kappa shape index (κ1) is 12.4. The van der Waals surface area contributed by atoms with Gasteiger partial charge < -0.3 is 4.90 Å². The molecule has 0 saturated carbocycles. The molecule has 5 nitrogen and oxygen atoms in total. The van der Waals surface area contributed by atoms with Crippen LogP contribution in [0.4, 0.5) is 0 Å². The number of carbonyl (C=O) groups excluding carboxylic acids is 1. The fraction of sp³-hybridized carbons (Fsp3) is 0.545. The number of nitrogens with zero attached hydrogens (tertiary/aromatic N) is 4. The zero-order chi connectivity index (χ0) is 12.3. The fourth-order valence-corrected chi connectivity index (χ4v) is 2.41. The van der Waals surface area contributed by atoms with E-state index in [4.69, 9.17) is 6.42 Å². The number of aromatic nitrogens is 3. The molecular weight excluding hydrogens is 331 g/mol. The molecule has 6 heteroatoms. The Bertz CT molecular complexity index is 445. The topological polar surface area (TPSA) is 51.0 Å². The van der Waals surface area contributed by atoms with Gasteiger partial charge in [-0.05, 0) is 29.0 Å². The van der Waals surface area contributed by atoms with E-state index in [0.717, 1.165) is 23.2 Å². The monoisotopic (exact) mass is 344 g/mol. The van der Waals surface area contributed by atoms with E-state index in [1.54, 1.807) is 6.20 Å². The number of halogens is 1. The van der Waals surface area contributed by atoms with E-state index in [2.05, 4.69) is 38.8 Å². The van der Waals surface area contributed by atoms with Crippen LogP contribution in [0.2, 0.25) is 0 Å². The number of hydrogen-bond acceptors (Lipinski definition) is 3. The van der Waals surface area contributed by atoms with Crippen LogP contribution in [-0.2, 0) is 4.79 Å². The molecule has 0 radical (unpaired) electrons. The maximum atomic E-state index is 11.7. The van der Waals surface area contributed by atoms with Crippen LogP contribution < -0.4 is 0 Å². The highest BCUT2D eigenvalue weighted by Gasteiger charge is 2.32. The normalized spacial score (nSPS) is 15.4. The third-order valence-electron chi connectivity index (χ3n) is 2.80. The molecule has 0 aliphatic carbocycles. The number of rotatable bonds is 4. The van der Waals surface area contributed by atoms with Gasteiger partial charge in [0.1, 0.15) is 3.70 Å². The molecular formula is C11H13IN4O. The van der Waals surface area contributed by atoms with Gasteiger partial charge in [0.25, 0.3) is 0 Å². The first-order valence-corrected chi connectivity index (χ1v) is 6.57. The number of hydrogen-bond donors (Lipinski definition) is 0. The van der Waals surface area contributed by atoms with Crippen molar-refractivity contribution in [3.05, 3.63) is 9.90 Å². The van der Waals surface area contributed by atoms with Gasteiger partial charge in [0.15, 0.2) is 0 Å². The summed E-state index contributed by atoms with van der Waals surface area (Å²) in [5.41, 5.74) is 0. The summed E-state index contributed by atoms with van der Waals surface area (Å²) in [5.74, 6) is 2.73. The highest BCUT2D eigenvalue weighted by Crippen LogP contribution is 2.23. The standard InChI is InChI=1S/C11H13IN4O/c1-2-3-4-5-11(17)15-7-9(8-15)16-10(12)6-13-14-16/h1,6,9H,3-5,7-8H2. The summed E-state index contributed by atoms with van der Waals surface area (Å²) in [4.78, 5) is 13.6. The van der Waals surface area contributed by atoms with Crippen LogP contribution in [0, 0.1) is 16.0 Å². The molecule has 0 atom stereocenters. The molecule has 1 aromatic rings. The van der Waals surface area contributed by atoms with Crippen LogP contribution in [0.3, 0.4) is 0 Å². The van der Waals surface area contributed by atoms with E-state index in [-0.39, 0.29) is 11.9 Å². The second kappa shape index (κ2) is 5.49. The van der Waals surface area contributed by atoms with Gasteiger partial charge in [-0.3, -0.25) is 4.79 Å². The van der Waals surface area contributed by atoms with Crippen LogP contribution >= 0.6 is 22.6 Å². The highest BCUT2D eigenvalue weighted by molar-refractivity contribution is 14.1. The molecule has 2 heterocycles. The van der Waals surface area contributed by atoms with Gasteiger partial charge in [-0.15, -0.1) is 17.4 Å². The first-order chi connectivity index (χ1) is 8.22. The van der Waals surface area contributed by atoms with Gasteiger partial charge in [-0.25, -0.2) is 4.68 Å². The Morgan fingerprint density at radius 2 is 2.41 bits per heavy atom. The largest absolute Gasteiger partial charge is 0.338 e. The Balaban J connectivity index is 1.77. The molecule has 1 aromatic heterocycles. The van der Waals surface area contributed by atoms with Gasteiger partial charge in [0, 0.05) is 25.9 Å². The van der Waals surface area contributed by atoms with Crippen molar-refractivity contribution in [3.63, 3.8) is 0 Å². The molecule has 1 saturated heterocycles. The molecule has 17 heavy (non-hydrogen) atoms. The predicted molar refractivity (Wildman–Crippen MR) is 71.0 cm³/mol. The fourth-order valence-electron chi connectivity index (χ4n) is 1.79. The summed E-state index contributed by atoms with van der Waals surface area (Å²) >= 11 is 2.19. The minimum Gasteiger partial charge on any atom is -0.338 e. The lowest BCUT2D eigenvalue weighted by molar-refractivity contribution is -0.137. The van der Waals surface area contributed by atoms with Gasteiger partial charge in [-0.2, -0.15) is 0 Å². The van der Waals surface area contributed by atoms with Crippen molar-refractivity contribution in [3.8, 4) is 12.3 Å². The summed E-state index contributed by atoms with van der Waals surface area (Å²) in [6, 6.07) is 0.279. The Morgan fingerprint density at radius 3 is 3.00 bits per heavy atom. The summed E-state index contributed by atoms with van der Waals surface area (Å²) < 4.78 is 2.87. The molecule has 1 amide bonds. The third kappa shape index (κ3) is 2.77. The molecule has 0 spiro atoms. The average Bonchev–Trinajstić information content (AvgIpc) is 2.63. The molecule has 1 aliphatic heterocycles. The smallest absolute Gasteiger partial charge is 0.222 e. The predicted octanol–water partition coefficient (Wildman–Crippen LogP) is 1.07. The average molecular weight is 344 g/mol. The van der Waals surface area contributed by atoms with E-state index in [1.807, 2.05) is 9.58 Å². The quantitative estimate of drug-likeness (QED) is 0.467. The minimum atomic E-state index is 0.187. The van der Waals surface area contributed by atoms with Crippen molar-refractivity contribution >= 4 is 28.5 Å². The SMILES string of the molecule is C#CCCCC(=O)N1CC(n2nncc2I)C1. The number of likely N-dealkylation sites (tertiary alicyclic amines) is 1. The lowest BCUT2D eigenvalue weighted by Crippen LogP contribution is -2.51. The third-order valence-corrected chi connectivity index (χ3v) is 3.58. The van der Waals surface area contributed by atoms with Crippen LogP contribution in [-0.4, -0.2) is 38.9 Å². The lowest BCUT2D eigenvalue weighted by atomic mass is 10.1. The van der Waals surface area contributed by atoms with E-state index < -0.39 is 0 Å².